The molecule has 0 aliphatic heterocycles. The van der Waals surface area contributed by atoms with Gasteiger partial charge >= 0.3 is 12.0 Å². The minimum Gasteiger partial charge on any atom is -0.481 e. The number of hydrogen-bond donors (Lipinski definition) is 3. The van der Waals surface area contributed by atoms with Crippen LogP contribution in [0.2, 0.25) is 0 Å². The number of nitrogens with one attached hydrogen (secondary N) is 2. The first-order valence-electron chi connectivity index (χ1n) is 6.22. The molecule has 0 aromatic carbocycles. The van der Waals surface area contributed by atoms with E-state index in [0.717, 1.165) is 0 Å². The smallest absolute Gasteiger partial charge is 0.315 e. The van der Waals surface area contributed by atoms with Gasteiger partial charge in [0.2, 0.25) is 0 Å². The topological polar surface area (TPSA) is 91.6 Å². The number of carbonyl (C=O) groups is 2. The van der Waals surface area contributed by atoms with Crippen LogP contribution < -0.4 is 10.6 Å². The van der Waals surface area contributed by atoms with Gasteiger partial charge in [0.15, 0.2) is 0 Å². The van der Waals surface area contributed by atoms with Crippen LogP contribution in [0.4, 0.5) is 4.79 Å². The van der Waals surface area contributed by atoms with Crippen molar-refractivity contribution in [3.63, 3.8) is 0 Å². The van der Waals surface area contributed by atoms with Gasteiger partial charge in [-0.1, -0.05) is 13.8 Å². The van der Waals surface area contributed by atoms with Gasteiger partial charge in [-0.05, 0) is 25.0 Å². The van der Waals surface area contributed by atoms with Crippen LogP contribution in [0.1, 0.15) is 32.6 Å². The minimum atomic E-state index is -0.908. The number of amides is 2. The van der Waals surface area contributed by atoms with Crippen LogP contribution >= 0.6 is 0 Å². The Bertz CT molecular complexity index is 414. The molecule has 6 heteroatoms. The lowest BCUT2D eigenvalue weighted by atomic mass is 9.96. The molecule has 0 bridgehead atoms. The van der Waals surface area contributed by atoms with Crippen LogP contribution in [0.25, 0.3) is 0 Å². The first-order valence-corrected chi connectivity index (χ1v) is 6.22. The van der Waals surface area contributed by atoms with Crippen molar-refractivity contribution in [1.29, 1.82) is 0 Å². The first-order chi connectivity index (χ1) is 8.91. The summed E-state index contributed by atoms with van der Waals surface area (Å²) in [4.78, 5) is 22.6. The van der Waals surface area contributed by atoms with E-state index < -0.39 is 17.9 Å². The summed E-state index contributed by atoms with van der Waals surface area (Å²) in [5.41, 5.74) is 0. The average molecular weight is 268 g/mol. The number of aliphatic carboxylic acids is 1. The second kappa shape index (κ2) is 6.82. The second-order valence-electron chi connectivity index (χ2n) is 4.78. The van der Waals surface area contributed by atoms with Crippen molar-refractivity contribution in [2.75, 3.05) is 6.54 Å². The molecule has 1 aromatic heterocycles. The Morgan fingerprint density at radius 3 is 2.53 bits per heavy atom. The summed E-state index contributed by atoms with van der Waals surface area (Å²) in [6.45, 7) is 5.51. The summed E-state index contributed by atoms with van der Waals surface area (Å²) in [6.07, 6.45) is 1.53. The molecule has 1 heterocycles. The van der Waals surface area contributed by atoms with E-state index in [0.29, 0.717) is 5.76 Å². The number of urea groups is 1. The molecule has 106 valence electrons. The average Bonchev–Trinajstić information content (AvgIpc) is 2.81. The molecule has 2 unspecified atom stereocenters. The van der Waals surface area contributed by atoms with Crippen molar-refractivity contribution in [1.82, 2.24) is 10.6 Å². The third kappa shape index (κ3) is 4.65. The standard InChI is InChI=1S/C13H20N2O4/c1-8(2)10(12(16)17)7-14-13(18)15-9(3)11-5-4-6-19-11/h4-6,8-10H,7H2,1-3H3,(H,16,17)(H2,14,15,18). The van der Waals surface area contributed by atoms with Gasteiger partial charge in [-0.2, -0.15) is 0 Å². The van der Waals surface area contributed by atoms with Crippen molar-refractivity contribution in [2.24, 2.45) is 11.8 Å². The van der Waals surface area contributed by atoms with Gasteiger partial charge in [-0.15, -0.1) is 0 Å². The molecule has 2 amide bonds. The number of hydrogen-bond acceptors (Lipinski definition) is 3. The monoisotopic (exact) mass is 268 g/mol. The number of rotatable bonds is 6. The number of furan rings is 1. The SMILES string of the molecule is CC(NC(=O)NCC(C(=O)O)C(C)C)c1ccco1. The molecule has 0 radical (unpaired) electrons. The van der Waals surface area contributed by atoms with E-state index in [1.165, 1.54) is 6.26 Å². The Morgan fingerprint density at radius 2 is 2.05 bits per heavy atom. The van der Waals surface area contributed by atoms with E-state index in [1.54, 1.807) is 19.1 Å². The second-order valence-corrected chi connectivity index (χ2v) is 4.78. The lowest BCUT2D eigenvalue weighted by molar-refractivity contribution is -0.142. The fraction of sp³-hybridized carbons (Fsp3) is 0.538. The van der Waals surface area contributed by atoms with Crippen LogP contribution in [0, 0.1) is 11.8 Å². The van der Waals surface area contributed by atoms with E-state index in [9.17, 15) is 9.59 Å². The van der Waals surface area contributed by atoms with Crippen molar-refractivity contribution in [2.45, 2.75) is 26.8 Å². The van der Waals surface area contributed by atoms with E-state index >= 15 is 0 Å². The van der Waals surface area contributed by atoms with E-state index in [1.807, 2.05) is 13.8 Å². The zero-order valence-corrected chi connectivity index (χ0v) is 11.3. The summed E-state index contributed by atoms with van der Waals surface area (Å²) in [5.74, 6) is -0.895. The van der Waals surface area contributed by atoms with Crippen LogP contribution in [0.5, 0.6) is 0 Å². The highest BCUT2D eigenvalue weighted by Crippen LogP contribution is 2.12. The van der Waals surface area contributed by atoms with Crippen molar-refractivity contribution in [3.05, 3.63) is 24.2 Å². The molecule has 3 N–H and O–H groups in total. The third-order valence-corrected chi connectivity index (χ3v) is 2.92. The number of carboxylic acids is 1. The van der Waals surface area contributed by atoms with Crippen LogP contribution in [-0.4, -0.2) is 23.7 Å². The molecule has 19 heavy (non-hydrogen) atoms. The molecule has 1 aromatic rings. The van der Waals surface area contributed by atoms with E-state index in [-0.39, 0.29) is 18.5 Å². The number of carbonyl (C=O) groups excluding carboxylic acids is 1. The maximum absolute atomic E-state index is 11.6. The molecule has 0 aliphatic rings. The van der Waals surface area contributed by atoms with E-state index in [4.69, 9.17) is 9.52 Å². The molecule has 0 saturated heterocycles. The van der Waals surface area contributed by atoms with Gasteiger partial charge in [0.25, 0.3) is 0 Å². The van der Waals surface area contributed by atoms with Crippen molar-refractivity contribution >= 4 is 12.0 Å². The van der Waals surface area contributed by atoms with Crippen LogP contribution in [0.15, 0.2) is 22.8 Å². The van der Waals surface area contributed by atoms with Gasteiger partial charge in [0.05, 0.1) is 18.2 Å². The molecular weight excluding hydrogens is 248 g/mol. The lowest BCUT2D eigenvalue weighted by Crippen LogP contribution is -2.42. The molecule has 0 spiro atoms. The Hall–Kier alpha value is -1.98. The zero-order chi connectivity index (χ0) is 14.4. The first kappa shape index (κ1) is 15.1. The maximum Gasteiger partial charge on any atom is 0.315 e. The summed E-state index contributed by atoms with van der Waals surface area (Å²) in [5, 5.41) is 14.2. The summed E-state index contributed by atoms with van der Waals surface area (Å²) in [7, 11) is 0. The molecular formula is C13H20N2O4. The predicted molar refractivity (Wildman–Crippen MR) is 69.6 cm³/mol. The molecule has 1 rings (SSSR count). The third-order valence-electron chi connectivity index (χ3n) is 2.92. The van der Waals surface area contributed by atoms with Crippen molar-refractivity contribution in [3.8, 4) is 0 Å². The molecule has 2 atom stereocenters. The largest absolute Gasteiger partial charge is 0.481 e. The molecule has 0 saturated carbocycles. The lowest BCUT2D eigenvalue weighted by Gasteiger charge is -2.18. The fourth-order valence-electron chi connectivity index (χ4n) is 1.67. The highest BCUT2D eigenvalue weighted by molar-refractivity contribution is 5.76. The Balaban J connectivity index is 2.41. The van der Waals surface area contributed by atoms with Crippen LogP contribution in [0.3, 0.4) is 0 Å². The maximum atomic E-state index is 11.6. The van der Waals surface area contributed by atoms with Gasteiger partial charge in [-0.3, -0.25) is 4.79 Å². The highest BCUT2D eigenvalue weighted by Gasteiger charge is 2.22. The fourth-order valence-corrected chi connectivity index (χ4v) is 1.67. The summed E-state index contributed by atoms with van der Waals surface area (Å²) < 4.78 is 5.16. The van der Waals surface area contributed by atoms with Gasteiger partial charge in [0.1, 0.15) is 5.76 Å². The normalized spacial score (nSPS) is 13.9. The summed E-state index contributed by atoms with van der Waals surface area (Å²) >= 11 is 0. The van der Waals surface area contributed by atoms with Crippen LogP contribution in [-0.2, 0) is 4.79 Å². The zero-order valence-electron chi connectivity index (χ0n) is 11.3. The Morgan fingerprint density at radius 1 is 1.37 bits per heavy atom. The van der Waals surface area contributed by atoms with Crippen molar-refractivity contribution < 1.29 is 19.1 Å². The summed E-state index contributed by atoms with van der Waals surface area (Å²) in [6, 6.07) is 2.83. The quantitative estimate of drug-likeness (QED) is 0.735. The van der Waals surface area contributed by atoms with Gasteiger partial charge in [-0.25, -0.2) is 4.79 Å². The Labute approximate surface area is 112 Å². The van der Waals surface area contributed by atoms with Gasteiger partial charge < -0.3 is 20.2 Å². The predicted octanol–water partition coefficient (Wildman–Crippen LogP) is 2.00. The van der Waals surface area contributed by atoms with Gasteiger partial charge in [0, 0.05) is 6.54 Å². The Kier molecular flexibility index (Phi) is 5.41. The molecule has 6 nitrogen and oxygen atoms in total. The molecule has 0 fully saturated rings. The highest BCUT2D eigenvalue weighted by atomic mass is 16.4. The minimum absolute atomic E-state index is 0.0414. The number of carboxylic acid groups (broad SMARTS) is 1. The van der Waals surface area contributed by atoms with E-state index in [2.05, 4.69) is 10.6 Å². The molecule has 0 aliphatic carbocycles.